The first-order valence-electron chi connectivity index (χ1n) is 4.61. The lowest BCUT2D eigenvalue weighted by molar-refractivity contribution is 0.106. The largest absolute Gasteiger partial charge is 0.301 e. The van der Waals surface area contributed by atoms with Crippen molar-refractivity contribution in [3.8, 4) is 0 Å². The molecule has 0 aliphatic carbocycles. The van der Waals surface area contributed by atoms with E-state index in [2.05, 4.69) is 6.92 Å². The summed E-state index contributed by atoms with van der Waals surface area (Å²) in [5, 5.41) is 7.57. The van der Waals surface area contributed by atoms with Gasteiger partial charge in [-0.2, -0.15) is 0 Å². The SMILES string of the molecule is [CH2]C(C)CC(=N)C(=O)c1ccccc1. The van der Waals surface area contributed by atoms with Crippen molar-refractivity contribution in [2.45, 2.75) is 13.3 Å². The van der Waals surface area contributed by atoms with Gasteiger partial charge in [-0.1, -0.05) is 44.2 Å². The molecule has 0 spiro atoms. The highest BCUT2D eigenvalue weighted by Gasteiger charge is 2.12. The van der Waals surface area contributed by atoms with Crippen LogP contribution in [0.5, 0.6) is 0 Å². The van der Waals surface area contributed by atoms with Gasteiger partial charge in [0.15, 0.2) is 0 Å². The van der Waals surface area contributed by atoms with Crippen molar-refractivity contribution in [3.05, 3.63) is 42.8 Å². The van der Waals surface area contributed by atoms with Crippen molar-refractivity contribution in [1.29, 1.82) is 5.41 Å². The number of nitrogens with one attached hydrogen (secondary N) is 1. The highest BCUT2D eigenvalue weighted by atomic mass is 16.1. The van der Waals surface area contributed by atoms with E-state index in [1.807, 2.05) is 13.0 Å². The highest BCUT2D eigenvalue weighted by Crippen LogP contribution is 2.06. The van der Waals surface area contributed by atoms with Crippen LogP contribution in [-0.4, -0.2) is 11.5 Å². The summed E-state index contributed by atoms with van der Waals surface area (Å²) >= 11 is 0. The van der Waals surface area contributed by atoms with E-state index in [-0.39, 0.29) is 17.4 Å². The van der Waals surface area contributed by atoms with Gasteiger partial charge in [-0.25, -0.2) is 0 Å². The molecule has 1 N–H and O–H groups in total. The molecule has 0 fully saturated rings. The number of rotatable bonds is 4. The fraction of sp³-hybridized carbons (Fsp3) is 0.250. The summed E-state index contributed by atoms with van der Waals surface area (Å²) in [5.74, 6) is -0.0868. The lowest BCUT2D eigenvalue weighted by Gasteiger charge is -2.05. The van der Waals surface area contributed by atoms with Crippen LogP contribution in [0.25, 0.3) is 0 Å². The quantitative estimate of drug-likeness (QED) is 0.572. The molecule has 1 unspecified atom stereocenters. The van der Waals surface area contributed by atoms with Gasteiger partial charge < -0.3 is 5.41 Å². The average Bonchev–Trinajstić information content (AvgIpc) is 2.17. The van der Waals surface area contributed by atoms with E-state index in [1.54, 1.807) is 24.3 Å². The van der Waals surface area contributed by atoms with Gasteiger partial charge in [-0.3, -0.25) is 4.79 Å². The number of carbonyl (C=O) groups excluding carboxylic acids is 1. The van der Waals surface area contributed by atoms with Crippen LogP contribution >= 0.6 is 0 Å². The molecular formula is C12H14NO. The number of hydrogen-bond acceptors (Lipinski definition) is 2. The van der Waals surface area contributed by atoms with Gasteiger partial charge in [0, 0.05) is 5.56 Å². The molecule has 0 bridgehead atoms. The Kier molecular flexibility index (Phi) is 3.57. The normalized spacial score (nSPS) is 10.2. The van der Waals surface area contributed by atoms with Gasteiger partial charge in [0.1, 0.15) is 0 Å². The molecule has 1 aromatic rings. The Hall–Kier alpha value is -1.44. The zero-order chi connectivity index (χ0) is 10.6. The Balaban J connectivity index is 2.72. The second-order valence-corrected chi connectivity index (χ2v) is 3.48. The van der Waals surface area contributed by atoms with Crippen LogP contribution in [-0.2, 0) is 0 Å². The van der Waals surface area contributed by atoms with E-state index >= 15 is 0 Å². The summed E-state index contributed by atoms with van der Waals surface area (Å²) in [7, 11) is 0. The molecule has 1 atom stereocenters. The molecule has 1 rings (SSSR count). The van der Waals surface area contributed by atoms with Crippen molar-refractivity contribution in [1.82, 2.24) is 0 Å². The molecule has 0 aliphatic rings. The van der Waals surface area contributed by atoms with Crippen LogP contribution in [0, 0.1) is 18.3 Å². The Morgan fingerprint density at radius 3 is 2.50 bits per heavy atom. The van der Waals surface area contributed by atoms with Crippen LogP contribution in [0.4, 0.5) is 0 Å². The molecule has 0 aliphatic heterocycles. The summed E-state index contributed by atoms with van der Waals surface area (Å²) in [6.45, 7) is 5.66. The number of benzene rings is 1. The van der Waals surface area contributed by atoms with Crippen molar-refractivity contribution >= 4 is 11.5 Å². The van der Waals surface area contributed by atoms with Gasteiger partial charge in [0.25, 0.3) is 0 Å². The standard InChI is InChI=1S/C12H14NO/c1-9(2)8-11(13)12(14)10-6-4-3-5-7-10/h3-7,9,13H,1,8H2,2H3. The Morgan fingerprint density at radius 2 is 2.00 bits per heavy atom. The van der Waals surface area contributed by atoms with Crippen molar-refractivity contribution in [2.75, 3.05) is 0 Å². The molecule has 0 saturated carbocycles. The smallest absolute Gasteiger partial charge is 0.206 e. The van der Waals surface area contributed by atoms with Crippen molar-refractivity contribution in [2.24, 2.45) is 5.92 Å². The molecule has 73 valence electrons. The molecule has 1 radical (unpaired) electrons. The van der Waals surface area contributed by atoms with E-state index in [0.29, 0.717) is 12.0 Å². The van der Waals surface area contributed by atoms with Gasteiger partial charge in [-0.15, -0.1) is 0 Å². The monoisotopic (exact) mass is 188 g/mol. The van der Waals surface area contributed by atoms with Crippen LogP contribution in [0.3, 0.4) is 0 Å². The minimum absolute atomic E-state index is 0.107. The van der Waals surface area contributed by atoms with E-state index in [9.17, 15) is 4.79 Å². The second-order valence-electron chi connectivity index (χ2n) is 3.48. The molecule has 1 aromatic carbocycles. The molecule has 0 saturated heterocycles. The van der Waals surface area contributed by atoms with E-state index in [1.165, 1.54) is 0 Å². The fourth-order valence-electron chi connectivity index (χ4n) is 1.20. The average molecular weight is 188 g/mol. The summed E-state index contributed by atoms with van der Waals surface area (Å²) in [4.78, 5) is 11.6. The minimum atomic E-state index is -0.193. The minimum Gasteiger partial charge on any atom is -0.301 e. The maximum atomic E-state index is 11.6. The Bertz CT molecular complexity index is 327. The number of ketones is 1. The zero-order valence-corrected chi connectivity index (χ0v) is 8.29. The Labute approximate surface area is 84.5 Å². The Morgan fingerprint density at radius 1 is 1.43 bits per heavy atom. The summed E-state index contributed by atoms with van der Waals surface area (Å²) in [6.07, 6.45) is 0.438. The van der Waals surface area contributed by atoms with Gasteiger partial charge >= 0.3 is 0 Å². The first-order valence-corrected chi connectivity index (χ1v) is 4.61. The van der Waals surface area contributed by atoms with Crippen molar-refractivity contribution in [3.63, 3.8) is 0 Å². The predicted octanol–water partition coefficient (Wildman–Crippen LogP) is 2.75. The highest BCUT2D eigenvalue weighted by molar-refractivity contribution is 6.44. The molecule has 0 aromatic heterocycles. The second kappa shape index (κ2) is 4.70. The first kappa shape index (κ1) is 10.6. The molecular weight excluding hydrogens is 174 g/mol. The summed E-state index contributed by atoms with van der Waals surface area (Å²) < 4.78 is 0. The third-order valence-corrected chi connectivity index (χ3v) is 1.86. The van der Waals surface area contributed by atoms with E-state index < -0.39 is 0 Å². The fourth-order valence-corrected chi connectivity index (χ4v) is 1.20. The first-order chi connectivity index (χ1) is 6.61. The molecule has 2 nitrogen and oxygen atoms in total. The topological polar surface area (TPSA) is 40.9 Å². The maximum absolute atomic E-state index is 11.6. The predicted molar refractivity (Wildman–Crippen MR) is 57.6 cm³/mol. The van der Waals surface area contributed by atoms with Crippen LogP contribution < -0.4 is 0 Å². The summed E-state index contributed by atoms with van der Waals surface area (Å²) in [6, 6.07) is 8.90. The van der Waals surface area contributed by atoms with Crippen molar-refractivity contribution < 1.29 is 4.79 Å². The molecule has 0 amide bonds. The number of Topliss-reactive ketones (excluding diaryl/α,β-unsaturated/α-hetero) is 1. The van der Waals surface area contributed by atoms with E-state index in [4.69, 9.17) is 5.41 Å². The van der Waals surface area contributed by atoms with Gasteiger partial charge in [0.05, 0.1) is 5.71 Å². The maximum Gasteiger partial charge on any atom is 0.206 e. The van der Waals surface area contributed by atoms with Crippen LogP contribution in [0.2, 0.25) is 0 Å². The number of hydrogen-bond donors (Lipinski definition) is 1. The molecule has 0 heterocycles. The van der Waals surface area contributed by atoms with Gasteiger partial charge in [-0.05, 0) is 12.3 Å². The lowest BCUT2D eigenvalue weighted by Crippen LogP contribution is -2.15. The van der Waals surface area contributed by atoms with Crippen LogP contribution in [0.1, 0.15) is 23.7 Å². The lowest BCUT2D eigenvalue weighted by atomic mass is 9.99. The van der Waals surface area contributed by atoms with E-state index in [0.717, 1.165) is 0 Å². The third kappa shape index (κ3) is 2.80. The molecule has 2 heteroatoms. The molecule has 14 heavy (non-hydrogen) atoms. The summed E-state index contributed by atoms with van der Waals surface area (Å²) in [5.41, 5.74) is 0.719. The zero-order valence-electron chi connectivity index (χ0n) is 8.29. The third-order valence-electron chi connectivity index (χ3n) is 1.86. The van der Waals surface area contributed by atoms with Crippen LogP contribution in [0.15, 0.2) is 30.3 Å². The number of carbonyl (C=O) groups is 1. The van der Waals surface area contributed by atoms with Gasteiger partial charge in [0.2, 0.25) is 5.78 Å².